The number of piperidine rings is 1. The quantitative estimate of drug-likeness (QED) is 0.190. The van der Waals surface area contributed by atoms with Gasteiger partial charge >= 0.3 is 0 Å². The topological polar surface area (TPSA) is 38.1 Å². The number of allylic oxidation sites excluding steroid dienone is 1. The number of carbonyl (C=O) groups is 1. The average Bonchev–Trinajstić information content (AvgIpc) is 3.40. The highest BCUT2D eigenvalue weighted by atomic mass is 19.3. The molecule has 6 rings (SSSR count). The predicted octanol–water partition coefficient (Wildman–Crippen LogP) is 10.00. The zero-order chi connectivity index (χ0) is 33.2. The molecular formula is C38H43F4N3O. The molecule has 0 unspecified atom stereocenters. The molecule has 2 heterocycles. The van der Waals surface area contributed by atoms with E-state index in [1.165, 1.54) is 12.1 Å². The normalized spacial score (nSPS) is 17.4. The Morgan fingerprint density at radius 3 is 2.30 bits per heavy atom. The number of likely N-dealkylation sites (tertiary alicyclic amines) is 1. The van der Waals surface area contributed by atoms with Crippen molar-refractivity contribution in [2.75, 3.05) is 13.1 Å². The van der Waals surface area contributed by atoms with Gasteiger partial charge in [0, 0.05) is 56.4 Å². The molecule has 244 valence electrons. The summed E-state index contributed by atoms with van der Waals surface area (Å²) in [5.74, 6) is -4.53. The monoisotopic (exact) mass is 633 g/mol. The van der Waals surface area contributed by atoms with Crippen LogP contribution < -0.4 is 0 Å². The maximum atomic E-state index is 14.0. The highest BCUT2D eigenvalue weighted by molar-refractivity contribution is 5.95. The van der Waals surface area contributed by atoms with Gasteiger partial charge in [0.15, 0.2) is 0 Å². The molecule has 4 aromatic rings. The van der Waals surface area contributed by atoms with Gasteiger partial charge in [0.25, 0.3) is 11.8 Å². The SMILES string of the molecule is C/C=C(/c1cccc(C(C)(F)F)c1)c1ccc(C(=O)N2CCC(c3nc4ccccc4n3CC3CC(F)(F)C3)CC2)cc1C.CC. The van der Waals surface area contributed by atoms with E-state index < -0.39 is 11.8 Å². The van der Waals surface area contributed by atoms with Gasteiger partial charge in [0.05, 0.1) is 11.0 Å². The number of alkyl halides is 4. The zero-order valence-electron chi connectivity index (χ0n) is 27.3. The zero-order valence-corrected chi connectivity index (χ0v) is 27.3. The molecule has 0 spiro atoms. The fourth-order valence-electron chi connectivity index (χ4n) is 6.83. The van der Waals surface area contributed by atoms with Crippen LogP contribution in [-0.2, 0) is 12.5 Å². The van der Waals surface area contributed by atoms with E-state index in [0.717, 1.165) is 53.3 Å². The number of amides is 1. The van der Waals surface area contributed by atoms with Crippen LogP contribution in [0.2, 0.25) is 0 Å². The number of hydrogen-bond acceptors (Lipinski definition) is 2. The molecule has 4 nitrogen and oxygen atoms in total. The first-order valence-electron chi connectivity index (χ1n) is 16.3. The van der Waals surface area contributed by atoms with E-state index in [2.05, 4.69) is 4.57 Å². The number of benzene rings is 3. The molecular weight excluding hydrogens is 590 g/mol. The molecule has 1 aliphatic carbocycles. The first-order chi connectivity index (χ1) is 21.9. The van der Waals surface area contributed by atoms with Crippen LogP contribution in [0.15, 0.2) is 72.8 Å². The van der Waals surface area contributed by atoms with Crippen molar-refractivity contribution in [1.29, 1.82) is 0 Å². The third-order valence-electron chi connectivity index (χ3n) is 9.18. The molecule has 3 aromatic carbocycles. The molecule has 0 N–H and O–H groups in total. The molecule has 0 atom stereocenters. The highest BCUT2D eigenvalue weighted by Crippen LogP contribution is 2.44. The maximum absolute atomic E-state index is 14.0. The number of hydrogen-bond donors (Lipinski definition) is 0. The second kappa shape index (κ2) is 13.4. The molecule has 1 aromatic heterocycles. The molecule has 0 bridgehead atoms. The summed E-state index contributed by atoms with van der Waals surface area (Å²) in [5.41, 5.74) is 5.72. The molecule has 0 radical (unpaired) electrons. The van der Waals surface area contributed by atoms with Gasteiger partial charge < -0.3 is 9.47 Å². The number of fused-ring (bicyclic) bond motifs is 1. The van der Waals surface area contributed by atoms with Crippen molar-refractivity contribution in [3.05, 3.63) is 106 Å². The van der Waals surface area contributed by atoms with Crippen LogP contribution in [0.4, 0.5) is 17.6 Å². The van der Waals surface area contributed by atoms with Crippen LogP contribution in [0.1, 0.15) is 97.7 Å². The van der Waals surface area contributed by atoms with E-state index in [1.807, 2.05) is 87.2 Å². The maximum Gasteiger partial charge on any atom is 0.270 e. The molecule has 1 saturated carbocycles. The van der Waals surface area contributed by atoms with Gasteiger partial charge in [-0.3, -0.25) is 4.79 Å². The Balaban J connectivity index is 0.00000204. The van der Waals surface area contributed by atoms with Gasteiger partial charge in [0.2, 0.25) is 5.92 Å². The number of rotatable bonds is 7. The second-order valence-corrected chi connectivity index (χ2v) is 12.5. The van der Waals surface area contributed by atoms with Gasteiger partial charge in [-0.25, -0.2) is 22.5 Å². The van der Waals surface area contributed by atoms with Crippen molar-refractivity contribution in [1.82, 2.24) is 14.5 Å². The van der Waals surface area contributed by atoms with E-state index in [4.69, 9.17) is 4.98 Å². The minimum absolute atomic E-state index is 0.0395. The third kappa shape index (κ3) is 6.91. The Labute approximate surface area is 269 Å². The lowest BCUT2D eigenvalue weighted by Crippen LogP contribution is -2.39. The predicted molar refractivity (Wildman–Crippen MR) is 177 cm³/mol. The number of carbonyl (C=O) groups excluding carboxylic acids is 1. The minimum Gasteiger partial charge on any atom is -0.339 e. The summed E-state index contributed by atoms with van der Waals surface area (Å²) in [7, 11) is 0. The van der Waals surface area contributed by atoms with Crippen LogP contribution >= 0.6 is 0 Å². The summed E-state index contributed by atoms with van der Waals surface area (Å²) in [6.45, 7) is 10.4. The molecule has 2 aliphatic rings. The van der Waals surface area contributed by atoms with Crippen LogP contribution in [0.25, 0.3) is 16.6 Å². The molecule has 2 fully saturated rings. The average molecular weight is 634 g/mol. The van der Waals surface area contributed by atoms with E-state index in [0.29, 0.717) is 30.8 Å². The third-order valence-corrected chi connectivity index (χ3v) is 9.18. The second-order valence-electron chi connectivity index (χ2n) is 12.5. The van der Waals surface area contributed by atoms with E-state index in [9.17, 15) is 22.4 Å². The summed E-state index contributed by atoms with van der Waals surface area (Å²) in [5, 5.41) is 0. The Bertz CT molecular complexity index is 1720. The lowest BCUT2D eigenvalue weighted by molar-refractivity contribution is -0.114. The van der Waals surface area contributed by atoms with Gasteiger partial charge in [-0.1, -0.05) is 56.3 Å². The molecule has 1 saturated heterocycles. The fourth-order valence-corrected chi connectivity index (χ4v) is 6.83. The van der Waals surface area contributed by atoms with Crippen molar-refractivity contribution in [2.24, 2.45) is 5.92 Å². The number of imidazole rings is 1. The first-order valence-corrected chi connectivity index (χ1v) is 16.3. The molecule has 1 aliphatic heterocycles. The fraction of sp³-hybridized carbons (Fsp3) is 0.421. The van der Waals surface area contributed by atoms with E-state index in [-0.39, 0.29) is 36.1 Å². The van der Waals surface area contributed by atoms with Crippen molar-refractivity contribution in [2.45, 2.75) is 84.6 Å². The smallest absolute Gasteiger partial charge is 0.270 e. The van der Waals surface area contributed by atoms with E-state index >= 15 is 0 Å². The van der Waals surface area contributed by atoms with Gasteiger partial charge in [-0.15, -0.1) is 0 Å². The van der Waals surface area contributed by atoms with Crippen LogP contribution in [0, 0.1) is 12.8 Å². The molecule has 8 heteroatoms. The Morgan fingerprint density at radius 2 is 1.67 bits per heavy atom. The lowest BCUT2D eigenvalue weighted by Gasteiger charge is -2.36. The van der Waals surface area contributed by atoms with Gasteiger partial charge in [-0.05, 0) is 85.2 Å². The Kier molecular flexibility index (Phi) is 9.75. The summed E-state index contributed by atoms with van der Waals surface area (Å²) < 4.78 is 57.3. The largest absolute Gasteiger partial charge is 0.339 e. The number of nitrogens with zero attached hydrogens (tertiary/aromatic N) is 3. The van der Waals surface area contributed by atoms with Gasteiger partial charge in [0.1, 0.15) is 5.82 Å². The summed E-state index contributed by atoms with van der Waals surface area (Å²) in [4.78, 5) is 20.4. The molecule has 46 heavy (non-hydrogen) atoms. The summed E-state index contributed by atoms with van der Waals surface area (Å²) >= 11 is 0. The van der Waals surface area contributed by atoms with Crippen molar-refractivity contribution in [3.63, 3.8) is 0 Å². The van der Waals surface area contributed by atoms with Crippen molar-refractivity contribution in [3.8, 4) is 0 Å². The number of halogens is 4. The highest BCUT2D eigenvalue weighted by Gasteiger charge is 2.45. The Hall–Kier alpha value is -3.94. The van der Waals surface area contributed by atoms with Crippen LogP contribution in [-0.4, -0.2) is 39.4 Å². The van der Waals surface area contributed by atoms with Crippen LogP contribution in [0.3, 0.4) is 0 Å². The summed E-state index contributed by atoms with van der Waals surface area (Å²) in [6, 6.07) is 19.9. The standard InChI is InChI=1S/C36H37F4N3O.C2H6/c1-4-29(26-8-7-9-28(19-26)35(3,37)38)30-13-12-27(18-23(30)2)34(44)42-16-14-25(15-17-42)33-41-31-10-5-6-11-32(31)43(33)22-24-20-36(39,40)21-24;1-2/h4-13,18-19,24-25H,14-17,20-22H2,1-3H3;1-2H3/b29-4-;. The molecule has 1 amide bonds. The summed E-state index contributed by atoms with van der Waals surface area (Å²) in [6.07, 6.45) is 3.23. The van der Waals surface area contributed by atoms with Gasteiger partial charge in [-0.2, -0.15) is 0 Å². The Morgan fingerprint density at radius 1 is 0.978 bits per heavy atom. The minimum atomic E-state index is -2.94. The number of para-hydroxylation sites is 2. The number of aryl methyl sites for hydroxylation is 1. The van der Waals surface area contributed by atoms with Crippen molar-refractivity contribution >= 4 is 22.5 Å². The first kappa shape index (κ1) is 33.4. The lowest BCUT2D eigenvalue weighted by atomic mass is 9.81. The van der Waals surface area contributed by atoms with Crippen molar-refractivity contribution < 1.29 is 22.4 Å². The van der Waals surface area contributed by atoms with E-state index in [1.54, 1.807) is 6.07 Å². The number of aromatic nitrogens is 2. The van der Waals surface area contributed by atoms with Crippen LogP contribution in [0.5, 0.6) is 0 Å².